The first-order valence-electron chi connectivity index (χ1n) is 8.68. The summed E-state index contributed by atoms with van der Waals surface area (Å²) in [6.45, 7) is 2.08. The van der Waals surface area contributed by atoms with E-state index in [4.69, 9.17) is 4.74 Å². The molecule has 1 N–H and O–H groups in total. The molecule has 1 heterocycles. The maximum Gasteiger partial charge on any atom is 0.252 e. The Bertz CT molecular complexity index is 894. The number of nitrogens with zero attached hydrogens (tertiary/aromatic N) is 1. The second-order valence-electron chi connectivity index (χ2n) is 6.15. The van der Waals surface area contributed by atoms with E-state index in [2.05, 4.69) is 21.2 Å². The largest absolute Gasteiger partial charge is 0.379 e. The van der Waals surface area contributed by atoms with E-state index in [9.17, 15) is 13.2 Å². The lowest BCUT2D eigenvalue weighted by molar-refractivity contribution is 0.0730. The molecule has 0 radical (unpaired) electrons. The highest BCUT2D eigenvalue weighted by atomic mass is 79.9. The molecule has 2 aromatic carbocycles. The van der Waals surface area contributed by atoms with Crippen molar-refractivity contribution in [3.8, 4) is 0 Å². The van der Waals surface area contributed by atoms with Gasteiger partial charge in [0.15, 0.2) is 0 Å². The summed E-state index contributed by atoms with van der Waals surface area (Å²) in [4.78, 5) is 12.5. The zero-order chi connectivity index (χ0) is 19.3. The van der Waals surface area contributed by atoms with E-state index >= 15 is 0 Å². The molecule has 0 atom stereocenters. The van der Waals surface area contributed by atoms with E-state index in [-0.39, 0.29) is 10.8 Å². The van der Waals surface area contributed by atoms with Crippen molar-refractivity contribution in [3.05, 3.63) is 64.1 Å². The Morgan fingerprint density at radius 2 is 1.74 bits per heavy atom. The first kappa shape index (κ1) is 20.0. The van der Waals surface area contributed by atoms with Crippen LogP contribution in [0.25, 0.3) is 0 Å². The molecular weight excluding hydrogens is 432 g/mol. The fourth-order valence-electron chi connectivity index (χ4n) is 2.83. The van der Waals surface area contributed by atoms with Gasteiger partial charge in [0.05, 0.1) is 23.7 Å². The first-order chi connectivity index (χ1) is 13.0. The van der Waals surface area contributed by atoms with Gasteiger partial charge in [0.25, 0.3) is 5.91 Å². The third-order valence-corrected chi connectivity index (χ3v) is 6.95. The number of sulfonamides is 1. The van der Waals surface area contributed by atoms with Crippen LogP contribution < -0.4 is 5.32 Å². The van der Waals surface area contributed by atoms with Crippen LogP contribution in [0.3, 0.4) is 0 Å². The lowest BCUT2D eigenvalue weighted by Gasteiger charge is -2.26. The highest BCUT2D eigenvalue weighted by molar-refractivity contribution is 9.10. The third kappa shape index (κ3) is 4.95. The Morgan fingerprint density at radius 1 is 1.07 bits per heavy atom. The maximum absolute atomic E-state index is 12.6. The maximum atomic E-state index is 12.6. The summed E-state index contributed by atoms with van der Waals surface area (Å²) < 4.78 is 32.6. The molecule has 0 aliphatic carbocycles. The van der Waals surface area contributed by atoms with Crippen molar-refractivity contribution in [2.24, 2.45) is 0 Å². The van der Waals surface area contributed by atoms with Crippen molar-refractivity contribution >= 4 is 31.9 Å². The Hall–Kier alpha value is -1.74. The van der Waals surface area contributed by atoms with Crippen molar-refractivity contribution in [3.63, 3.8) is 0 Å². The summed E-state index contributed by atoms with van der Waals surface area (Å²) in [6, 6.07) is 14.1. The minimum absolute atomic E-state index is 0.144. The molecule has 0 aromatic heterocycles. The molecular formula is C19H21BrN2O4S. The number of hydrogen-bond acceptors (Lipinski definition) is 4. The summed E-state index contributed by atoms with van der Waals surface area (Å²) in [5, 5.41) is 2.88. The highest BCUT2D eigenvalue weighted by Crippen LogP contribution is 2.18. The zero-order valence-corrected chi connectivity index (χ0v) is 17.1. The van der Waals surface area contributed by atoms with Crippen LogP contribution in [0.15, 0.2) is 57.9 Å². The number of nitrogens with one attached hydrogen (secondary N) is 1. The highest BCUT2D eigenvalue weighted by Gasteiger charge is 2.26. The van der Waals surface area contributed by atoms with E-state index in [1.54, 1.807) is 30.3 Å². The van der Waals surface area contributed by atoms with E-state index in [0.29, 0.717) is 44.8 Å². The molecule has 144 valence electrons. The van der Waals surface area contributed by atoms with Gasteiger partial charge in [-0.2, -0.15) is 4.31 Å². The Morgan fingerprint density at radius 3 is 2.41 bits per heavy atom. The van der Waals surface area contributed by atoms with Gasteiger partial charge in [0.2, 0.25) is 10.0 Å². The van der Waals surface area contributed by atoms with E-state index < -0.39 is 10.0 Å². The van der Waals surface area contributed by atoms with Gasteiger partial charge in [-0.3, -0.25) is 4.79 Å². The van der Waals surface area contributed by atoms with Crippen molar-refractivity contribution in [1.29, 1.82) is 0 Å². The van der Waals surface area contributed by atoms with Crippen LogP contribution in [0.5, 0.6) is 0 Å². The topological polar surface area (TPSA) is 75.7 Å². The van der Waals surface area contributed by atoms with Crippen molar-refractivity contribution in [1.82, 2.24) is 9.62 Å². The molecule has 1 aliphatic rings. The number of benzene rings is 2. The van der Waals surface area contributed by atoms with Crippen LogP contribution in [0.4, 0.5) is 0 Å². The average molecular weight is 453 g/mol. The SMILES string of the molecule is O=C(NCCc1ccc(S(=O)(=O)N2CCOCC2)cc1)c1ccccc1Br. The summed E-state index contributed by atoms with van der Waals surface area (Å²) in [5.74, 6) is -0.144. The predicted octanol–water partition coefficient (Wildman–Crippen LogP) is 2.44. The third-order valence-electron chi connectivity index (χ3n) is 4.35. The van der Waals surface area contributed by atoms with Crippen LogP contribution >= 0.6 is 15.9 Å². The lowest BCUT2D eigenvalue weighted by Crippen LogP contribution is -2.40. The minimum Gasteiger partial charge on any atom is -0.379 e. The molecule has 1 fully saturated rings. The molecule has 6 nitrogen and oxygen atoms in total. The minimum atomic E-state index is -3.48. The van der Waals surface area contributed by atoms with Gasteiger partial charge in [0.1, 0.15) is 0 Å². The lowest BCUT2D eigenvalue weighted by atomic mass is 10.1. The average Bonchev–Trinajstić information content (AvgIpc) is 2.69. The molecule has 27 heavy (non-hydrogen) atoms. The van der Waals surface area contributed by atoms with Crippen LogP contribution in [0, 0.1) is 0 Å². The second-order valence-corrected chi connectivity index (χ2v) is 8.94. The van der Waals surface area contributed by atoms with Crippen LogP contribution in [0.1, 0.15) is 15.9 Å². The second kappa shape index (κ2) is 8.97. The van der Waals surface area contributed by atoms with E-state index in [0.717, 1.165) is 10.0 Å². The Balaban J connectivity index is 1.56. The quantitative estimate of drug-likeness (QED) is 0.729. The Labute approximate surface area is 167 Å². The smallest absolute Gasteiger partial charge is 0.252 e. The van der Waals surface area contributed by atoms with Crippen LogP contribution in [-0.2, 0) is 21.2 Å². The van der Waals surface area contributed by atoms with Crippen molar-refractivity contribution < 1.29 is 17.9 Å². The van der Waals surface area contributed by atoms with Crippen LogP contribution in [-0.4, -0.2) is 51.5 Å². The molecule has 0 bridgehead atoms. The molecule has 2 aromatic rings. The van der Waals surface area contributed by atoms with Crippen molar-refractivity contribution in [2.45, 2.75) is 11.3 Å². The van der Waals surface area contributed by atoms with Gasteiger partial charge in [0, 0.05) is 24.1 Å². The molecule has 1 amide bonds. The van der Waals surface area contributed by atoms with Gasteiger partial charge in [-0.25, -0.2) is 8.42 Å². The monoisotopic (exact) mass is 452 g/mol. The first-order valence-corrected chi connectivity index (χ1v) is 10.9. The summed E-state index contributed by atoms with van der Waals surface area (Å²) in [5.41, 5.74) is 1.55. The number of carbonyl (C=O) groups is 1. The fraction of sp³-hybridized carbons (Fsp3) is 0.316. The number of ether oxygens (including phenoxy) is 1. The number of morpholine rings is 1. The number of halogens is 1. The number of amides is 1. The number of hydrogen-bond donors (Lipinski definition) is 1. The molecule has 1 saturated heterocycles. The van der Waals surface area contributed by atoms with E-state index in [1.807, 2.05) is 18.2 Å². The molecule has 0 unspecified atom stereocenters. The fourth-order valence-corrected chi connectivity index (χ4v) is 4.70. The molecule has 1 aliphatic heterocycles. The summed E-state index contributed by atoms with van der Waals surface area (Å²) in [7, 11) is -3.48. The molecule has 3 rings (SSSR count). The molecule has 0 spiro atoms. The normalized spacial score (nSPS) is 15.4. The number of rotatable bonds is 6. The van der Waals surface area contributed by atoms with E-state index in [1.165, 1.54) is 4.31 Å². The standard InChI is InChI=1S/C19H21BrN2O4S/c20-18-4-2-1-3-17(18)19(23)21-10-9-15-5-7-16(8-6-15)27(24,25)22-11-13-26-14-12-22/h1-8H,9-14H2,(H,21,23). The summed E-state index contributed by atoms with van der Waals surface area (Å²) in [6.07, 6.45) is 0.619. The van der Waals surface area contributed by atoms with Gasteiger partial charge in [-0.1, -0.05) is 24.3 Å². The molecule has 8 heteroatoms. The Kier molecular flexibility index (Phi) is 6.64. The van der Waals surface area contributed by atoms with Gasteiger partial charge in [-0.15, -0.1) is 0 Å². The predicted molar refractivity (Wildman–Crippen MR) is 106 cm³/mol. The number of carbonyl (C=O) groups excluding carboxylic acids is 1. The van der Waals surface area contributed by atoms with Crippen molar-refractivity contribution in [2.75, 3.05) is 32.8 Å². The van der Waals surface area contributed by atoms with Gasteiger partial charge in [-0.05, 0) is 52.2 Å². The van der Waals surface area contributed by atoms with Gasteiger partial charge >= 0.3 is 0 Å². The summed E-state index contributed by atoms with van der Waals surface area (Å²) >= 11 is 3.36. The molecule has 0 saturated carbocycles. The zero-order valence-electron chi connectivity index (χ0n) is 14.7. The van der Waals surface area contributed by atoms with Crippen LogP contribution in [0.2, 0.25) is 0 Å². The van der Waals surface area contributed by atoms with Gasteiger partial charge < -0.3 is 10.1 Å².